The lowest BCUT2D eigenvalue weighted by atomic mass is 9.91. The van der Waals surface area contributed by atoms with Crippen LogP contribution >= 0.6 is 0 Å². The van der Waals surface area contributed by atoms with Crippen LogP contribution in [-0.4, -0.2) is 54.9 Å². The highest BCUT2D eigenvalue weighted by Crippen LogP contribution is 2.48. The van der Waals surface area contributed by atoms with Gasteiger partial charge in [0.2, 0.25) is 18.4 Å². The van der Waals surface area contributed by atoms with Gasteiger partial charge in [-0.15, -0.1) is 0 Å². The van der Waals surface area contributed by atoms with Crippen molar-refractivity contribution in [3.63, 3.8) is 0 Å². The van der Waals surface area contributed by atoms with E-state index in [1.807, 2.05) is 0 Å². The van der Waals surface area contributed by atoms with Crippen molar-refractivity contribution in [2.45, 2.75) is 31.9 Å². The summed E-state index contributed by atoms with van der Waals surface area (Å²) in [5.41, 5.74) is 1.63. The monoisotopic (exact) mass is 348 g/mol. The smallest absolute Gasteiger partial charge is 0.257 e. The first-order valence-electron chi connectivity index (χ1n) is 8.39. The van der Waals surface area contributed by atoms with E-state index in [-0.39, 0.29) is 42.2 Å². The third-order valence-corrected chi connectivity index (χ3v) is 4.92. The molecule has 0 aliphatic carbocycles. The number of phenols is 1. The summed E-state index contributed by atoms with van der Waals surface area (Å²) in [7, 11) is 1.69. The Morgan fingerprint density at radius 1 is 1.36 bits per heavy atom. The van der Waals surface area contributed by atoms with Gasteiger partial charge in [0.05, 0.1) is 5.56 Å². The number of nitrogens with zero attached hydrogens (tertiary/aromatic N) is 1. The van der Waals surface area contributed by atoms with Gasteiger partial charge in [0.15, 0.2) is 11.5 Å². The van der Waals surface area contributed by atoms with Gasteiger partial charge in [0, 0.05) is 32.3 Å². The first-order valence-corrected chi connectivity index (χ1v) is 8.39. The maximum Gasteiger partial charge on any atom is 0.257 e. The molecule has 25 heavy (non-hydrogen) atoms. The van der Waals surface area contributed by atoms with Gasteiger partial charge < -0.3 is 29.5 Å². The summed E-state index contributed by atoms with van der Waals surface area (Å²) in [6, 6.07) is 0. The maximum atomic E-state index is 12.5. The highest BCUT2D eigenvalue weighted by atomic mass is 16.7. The number of carbonyl (C=O) groups is 2. The second-order valence-electron chi connectivity index (χ2n) is 6.44. The molecule has 3 aliphatic rings. The van der Waals surface area contributed by atoms with Gasteiger partial charge >= 0.3 is 0 Å². The highest BCUT2D eigenvalue weighted by Gasteiger charge is 2.36. The number of benzene rings is 1. The Kier molecular flexibility index (Phi) is 3.91. The molecule has 0 radical (unpaired) electrons. The summed E-state index contributed by atoms with van der Waals surface area (Å²) in [4.78, 5) is 26.3. The van der Waals surface area contributed by atoms with Gasteiger partial charge in [-0.3, -0.25) is 9.59 Å². The van der Waals surface area contributed by atoms with Gasteiger partial charge in [-0.05, 0) is 24.8 Å². The molecule has 1 aromatic rings. The quantitative estimate of drug-likeness (QED) is 0.828. The minimum atomic E-state index is -0.425. The number of fused-ring (bicyclic) bond motifs is 2. The Morgan fingerprint density at radius 2 is 2.16 bits per heavy atom. The van der Waals surface area contributed by atoms with E-state index in [0.717, 1.165) is 6.42 Å². The highest BCUT2D eigenvalue weighted by molar-refractivity contribution is 6.01. The van der Waals surface area contributed by atoms with E-state index in [2.05, 4.69) is 5.32 Å². The van der Waals surface area contributed by atoms with Crippen LogP contribution in [0.15, 0.2) is 0 Å². The molecule has 3 aliphatic heterocycles. The van der Waals surface area contributed by atoms with Crippen LogP contribution in [0.2, 0.25) is 0 Å². The number of carbonyl (C=O) groups excluding carboxylic acids is 2. The topological polar surface area (TPSA) is 97.3 Å². The summed E-state index contributed by atoms with van der Waals surface area (Å²) in [5.74, 6) is -0.0479. The summed E-state index contributed by atoms with van der Waals surface area (Å²) < 4.78 is 16.2. The molecule has 8 nitrogen and oxygen atoms in total. The van der Waals surface area contributed by atoms with Crippen molar-refractivity contribution in [1.29, 1.82) is 0 Å². The number of rotatable bonds is 3. The number of nitrogens with one attached hydrogen (secondary N) is 1. The molecule has 0 saturated carbocycles. The molecule has 3 heterocycles. The Labute approximate surface area is 144 Å². The Hall–Kier alpha value is -2.48. The van der Waals surface area contributed by atoms with Crippen LogP contribution in [0.25, 0.3) is 0 Å². The zero-order chi connectivity index (χ0) is 17.6. The lowest BCUT2D eigenvalue weighted by Gasteiger charge is -2.28. The van der Waals surface area contributed by atoms with Crippen LogP contribution in [0, 0.1) is 0 Å². The Balaban J connectivity index is 1.68. The second kappa shape index (κ2) is 6.11. The van der Waals surface area contributed by atoms with Crippen LogP contribution in [0.4, 0.5) is 0 Å². The minimum Gasteiger partial charge on any atom is -0.504 e. The maximum absolute atomic E-state index is 12.5. The molecule has 0 spiro atoms. The first kappa shape index (κ1) is 16.0. The van der Waals surface area contributed by atoms with E-state index in [0.29, 0.717) is 42.9 Å². The van der Waals surface area contributed by atoms with Crippen molar-refractivity contribution in [2.75, 3.05) is 27.0 Å². The van der Waals surface area contributed by atoms with Crippen LogP contribution in [0.1, 0.15) is 34.3 Å². The predicted octanol–water partition coefficient (Wildman–Crippen LogP) is 0.544. The molecule has 1 atom stereocenters. The molecule has 2 N–H and O–H groups in total. The molecule has 4 rings (SSSR count). The van der Waals surface area contributed by atoms with Gasteiger partial charge in [0.1, 0.15) is 6.10 Å². The molecule has 134 valence electrons. The predicted molar refractivity (Wildman–Crippen MR) is 85.7 cm³/mol. The largest absolute Gasteiger partial charge is 0.504 e. The Bertz CT molecular complexity index is 741. The van der Waals surface area contributed by atoms with Gasteiger partial charge in [-0.1, -0.05) is 0 Å². The fraction of sp³-hybridized carbons (Fsp3) is 0.529. The number of ether oxygens (including phenoxy) is 3. The van der Waals surface area contributed by atoms with Crippen molar-refractivity contribution in [3.05, 3.63) is 16.7 Å². The molecule has 1 saturated heterocycles. The lowest BCUT2D eigenvalue weighted by Crippen LogP contribution is -2.37. The van der Waals surface area contributed by atoms with E-state index >= 15 is 0 Å². The van der Waals surface area contributed by atoms with E-state index in [1.54, 1.807) is 11.9 Å². The summed E-state index contributed by atoms with van der Waals surface area (Å²) >= 11 is 0. The molecular weight excluding hydrogens is 328 g/mol. The molecule has 8 heteroatoms. The third-order valence-electron chi connectivity index (χ3n) is 4.92. The van der Waals surface area contributed by atoms with Gasteiger partial charge in [-0.25, -0.2) is 0 Å². The van der Waals surface area contributed by atoms with Crippen LogP contribution in [-0.2, 0) is 22.5 Å². The molecule has 1 aromatic carbocycles. The van der Waals surface area contributed by atoms with Gasteiger partial charge in [0.25, 0.3) is 5.91 Å². The standard InChI is InChI=1S/C17H20N2O6/c1-19-5-4-9-10(7-18-16(21)11-3-2-6-23-11)14-15(25-8-24-14)13(20)12(9)17(19)22/h11,20H,2-8H2,1H3,(H,18,21). The number of phenolic OH excluding ortho intramolecular Hbond substituents is 1. The number of amides is 2. The average Bonchev–Trinajstić information content (AvgIpc) is 3.28. The van der Waals surface area contributed by atoms with Crippen molar-refractivity contribution < 1.29 is 28.9 Å². The fourth-order valence-electron chi connectivity index (χ4n) is 3.56. The second-order valence-corrected chi connectivity index (χ2v) is 6.44. The van der Waals surface area contributed by atoms with E-state index in [4.69, 9.17) is 14.2 Å². The van der Waals surface area contributed by atoms with Crippen LogP contribution < -0.4 is 14.8 Å². The number of likely N-dealkylation sites (N-methyl/N-ethyl adjacent to an activating group) is 1. The molecular formula is C17H20N2O6. The molecule has 1 fully saturated rings. The molecule has 2 amide bonds. The lowest BCUT2D eigenvalue weighted by molar-refractivity contribution is -0.130. The molecule has 1 unspecified atom stereocenters. The van der Waals surface area contributed by atoms with E-state index in [9.17, 15) is 14.7 Å². The van der Waals surface area contributed by atoms with E-state index in [1.165, 1.54) is 0 Å². The zero-order valence-corrected chi connectivity index (χ0v) is 14.0. The fourth-order valence-corrected chi connectivity index (χ4v) is 3.56. The zero-order valence-electron chi connectivity index (χ0n) is 14.0. The molecule has 0 aromatic heterocycles. The van der Waals surface area contributed by atoms with Gasteiger partial charge in [-0.2, -0.15) is 0 Å². The van der Waals surface area contributed by atoms with E-state index < -0.39 is 6.10 Å². The summed E-state index contributed by atoms with van der Waals surface area (Å²) in [6.07, 6.45) is 1.73. The summed E-state index contributed by atoms with van der Waals surface area (Å²) in [5, 5.41) is 13.3. The third kappa shape index (κ3) is 2.57. The average molecular weight is 348 g/mol. The van der Waals surface area contributed by atoms with Crippen LogP contribution in [0.5, 0.6) is 17.2 Å². The van der Waals surface area contributed by atoms with Crippen molar-refractivity contribution in [3.8, 4) is 17.2 Å². The molecule has 0 bridgehead atoms. The number of hydrogen-bond acceptors (Lipinski definition) is 6. The minimum absolute atomic E-state index is 0.0253. The SMILES string of the molecule is CN1CCc2c(CNC(=O)C3CCCO3)c3c(c(O)c2C1=O)OCO3. The first-order chi connectivity index (χ1) is 12.1. The van der Waals surface area contributed by atoms with Crippen LogP contribution in [0.3, 0.4) is 0 Å². The van der Waals surface area contributed by atoms with Crippen molar-refractivity contribution in [2.24, 2.45) is 0 Å². The summed E-state index contributed by atoms with van der Waals surface area (Å²) in [6.45, 7) is 1.31. The number of hydrogen-bond donors (Lipinski definition) is 2. The Morgan fingerprint density at radius 3 is 2.92 bits per heavy atom. The normalized spacial score (nSPS) is 21.4. The number of aromatic hydroxyl groups is 1. The van der Waals surface area contributed by atoms with Crippen molar-refractivity contribution >= 4 is 11.8 Å². The van der Waals surface area contributed by atoms with Crippen molar-refractivity contribution in [1.82, 2.24) is 10.2 Å².